The van der Waals surface area contributed by atoms with Gasteiger partial charge in [-0.3, -0.25) is 4.79 Å². The number of hydrogen-bond acceptors (Lipinski definition) is 3. The number of hydrogen-bond donors (Lipinski definition) is 1. The van der Waals surface area contributed by atoms with Crippen molar-refractivity contribution in [3.63, 3.8) is 0 Å². The Labute approximate surface area is 166 Å². The van der Waals surface area contributed by atoms with Gasteiger partial charge in [-0.15, -0.1) is 0 Å². The van der Waals surface area contributed by atoms with Crippen molar-refractivity contribution in [2.45, 2.75) is 45.6 Å². The summed E-state index contributed by atoms with van der Waals surface area (Å²) >= 11 is 5.93. The van der Waals surface area contributed by atoms with Crippen LogP contribution in [0.15, 0.2) is 41.5 Å². The van der Waals surface area contributed by atoms with E-state index in [1.165, 1.54) is 11.3 Å². The zero-order valence-corrected chi connectivity index (χ0v) is 17.3. The summed E-state index contributed by atoms with van der Waals surface area (Å²) in [4.78, 5) is 14.5. The van der Waals surface area contributed by atoms with Gasteiger partial charge in [-0.2, -0.15) is 5.10 Å². The Bertz CT molecular complexity index is 904. The van der Waals surface area contributed by atoms with Gasteiger partial charge in [-0.1, -0.05) is 24.6 Å². The number of carbonyl (C=O) groups is 1. The molecule has 0 bridgehead atoms. The van der Waals surface area contributed by atoms with Crippen molar-refractivity contribution in [1.82, 2.24) is 5.43 Å². The Balaban J connectivity index is 1.81. The molecule has 1 aliphatic heterocycles. The number of nitrogens with one attached hydrogen (secondary N) is 1. The van der Waals surface area contributed by atoms with Gasteiger partial charge in [-0.05, 0) is 80.1 Å². The molecule has 1 amide bonds. The van der Waals surface area contributed by atoms with Crippen LogP contribution in [0.2, 0.25) is 5.02 Å². The maximum Gasteiger partial charge on any atom is 0.271 e. The molecule has 0 saturated heterocycles. The molecule has 1 aliphatic rings. The molecule has 1 heterocycles. The Hall–Kier alpha value is -2.33. The fourth-order valence-electron chi connectivity index (χ4n) is 3.73. The molecular weight excluding hydrogens is 358 g/mol. The lowest BCUT2D eigenvalue weighted by Gasteiger charge is -2.45. The van der Waals surface area contributed by atoms with Crippen LogP contribution in [0.1, 0.15) is 60.2 Å². The molecule has 0 aromatic heterocycles. The van der Waals surface area contributed by atoms with E-state index in [1.54, 1.807) is 30.5 Å². The van der Waals surface area contributed by atoms with Crippen molar-refractivity contribution in [3.05, 3.63) is 63.7 Å². The first kappa shape index (κ1) is 19.4. The third kappa shape index (κ3) is 4.01. The van der Waals surface area contributed by atoms with Crippen LogP contribution in [0, 0.1) is 6.92 Å². The molecule has 2 aromatic carbocycles. The summed E-state index contributed by atoms with van der Waals surface area (Å²) in [6, 6.07) is 11.2. The predicted octanol–water partition coefficient (Wildman–Crippen LogP) is 5.13. The van der Waals surface area contributed by atoms with Crippen molar-refractivity contribution in [1.29, 1.82) is 0 Å². The van der Waals surface area contributed by atoms with Crippen LogP contribution in [-0.2, 0) is 0 Å². The lowest BCUT2D eigenvalue weighted by Crippen LogP contribution is -2.45. The second kappa shape index (κ2) is 7.35. The molecule has 1 unspecified atom stereocenters. The number of aryl methyl sites for hydroxylation is 1. The molecule has 1 N–H and O–H groups in total. The van der Waals surface area contributed by atoms with E-state index in [0.717, 1.165) is 17.5 Å². The molecule has 27 heavy (non-hydrogen) atoms. The Kier molecular flexibility index (Phi) is 5.29. The summed E-state index contributed by atoms with van der Waals surface area (Å²) in [5.41, 5.74) is 7.94. The molecule has 0 saturated carbocycles. The predicted molar refractivity (Wildman–Crippen MR) is 113 cm³/mol. The van der Waals surface area contributed by atoms with Crippen molar-refractivity contribution in [2.24, 2.45) is 5.10 Å². The molecule has 0 aliphatic carbocycles. The molecule has 1 atom stereocenters. The molecule has 0 spiro atoms. The minimum Gasteiger partial charge on any atom is -0.369 e. The van der Waals surface area contributed by atoms with Crippen LogP contribution in [0.3, 0.4) is 0 Å². The van der Waals surface area contributed by atoms with Crippen molar-refractivity contribution >= 4 is 29.4 Å². The molecule has 2 aromatic rings. The number of fused-ring (bicyclic) bond motifs is 1. The maximum absolute atomic E-state index is 12.2. The maximum atomic E-state index is 12.2. The minimum absolute atomic E-state index is 0.138. The number of carbonyl (C=O) groups excluding carboxylic acids is 1. The monoisotopic (exact) mass is 383 g/mol. The van der Waals surface area contributed by atoms with E-state index in [1.807, 2.05) is 0 Å². The number of anilines is 1. The van der Waals surface area contributed by atoms with Crippen LogP contribution in [-0.4, -0.2) is 24.7 Å². The molecular formula is C22H26ClN3O. The lowest BCUT2D eigenvalue weighted by molar-refractivity contribution is 0.0955. The Morgan fingerprint density at radius 3 is 2.78 bits per heavy atom. The Morgan fingerprint density at radius 1 is 1.33 bits per heavy atom. The standard InChI is InChI=1S/C22H26ClN3O/c1-14-9-20-19(15(2)12-22(3,4)26(20)5)11-17(14)13-24-25-21(27)16-7-6-8-18(23)10-16/h6-11,13,15H,12H2,1-5H3,(H,25,27)/b24-13-. The van der Waals surface area contributed by atoms with E-state index in [2.05, 4.69) is 62.3 Å². The van der Waals surface area contributed by atoms with Crippen LogP contribution < -0.4 is 10.3 Å². The highest BCUT2D eigenvalue weighted by Crippen LogP contribution is 2.43. The summed E-state index contributed by atoms with van der Waals surface area (Å²) in [6.45, 7) is 8.90. The third-order valence-corrected chi connectivity index (χ3v) is 5.71. The quantitative estimate of drug-likeness (QED) is 0.589. The number of benzene rings is 2. The molecule has 142 valence electrons. The van der Waals surface area contributed by atoms with Crippen LogP contribution >= 0.6 is 11.6 Å². The zero-order valence-electron chi connectivity index (χ0n) is 16.5. The topological polar surface area (TPSA) is 44.7 Å². The van der Waals surface area contributed by atoms with Gasteiger partial charge >= 0.3 is 0 Å². The van der Waals surface area contributed by atoms with Crippen molar-refractivity contribution in [2.75, 3.05) is 11.9 Å². The minimum atomic E-state index is -0.279. The summed E-state index contributed by atoms with van der Waals surface area (Å²) in [6.07, 6.45) is 2.81. The first-order valence-corrected chi connectivity index (χ1v) is 9.54. The van der Waals surface area contributed by atoms with Crippen LogP contribution in [0.5, 0.6) is 0 Å². The second-order valence-corrected chi connectivity index (χ2v) is 8.39. The van der Waals surface area contributed by atoms with E-state index < -0.39 is 0 Å². The summed E-state index contributed by atoms with van der Waals surface area (Å²) in [5, 5.41) is 4.67. The lowest BCUT2D eigenvalue weighted by atomic mass is 9.79. The average molecular weight is 384 g/mol. The fourth-order valence-corrected chi connectivity index (χ4v) is 3.92. The highest BCUT2D eigenvalue weighted by atomic mass is 35.5. The molecule has 4 nitrogen and oxygen atoms in total. The smallest absolute Gasteiger partial charge is 0.271 e. The first-order chi connectivity index (χ1) is 12.7. The van der Waals surface area contributed by atoms with Gasteiger partial charge < -0.3 is 4.90 Å². The average Bonchev–Trinajstić information content (AvgIpc) is 2.60. The fraction of sp³-hybridized carbons (Fsp3) is 0.364. The SMILES string of the molecule is Cc1cc2c(cc1/C=N\NC(=O)c1cccc(Cl)c1)C(C)CC(C)(C)N2C. The highest BCUT2D eigenvalue weighted by molar-refractivity contribution is 6.30. The van der Waals surface area contributed by atoms with Crippen LogP contribution in [0.25, 0.3) is 0 Å². The normalized spacial score (nSPS) is 18.4. The zero-order chi connectivity index (χ0) is 19.8. The van der Waals surface area contributed by atoms with Gasteiger partial charge in [0.05, 0.1) is 6.21 Å². The largest absolute Gasteiger partial charge is 0.369 e. The van der Waals surface area contributed by atoms with E-state index in [9.17, 15) is 4.79 Å². The number of halogens is 1. The third-order valence-electron chi connectivity index (χ3n) is 5.48. The van der Waals surface area contributed by atoms with Gasteiger partial charge in [0, 0.05) is 28.9 Å². The van der Waals surface area contributed by atoms with Gasteiger partial charge in [0.15, 0.2) is 0 Å². The van der Waals surface area contributed by atoms with Gasteiger partial charge in [0.2, 0.25) is 0 Å². The number of amides is 1. The molecule has 0 fully saturated rings. The second-order valence-electron chi connectivity index (χ2n) is 7.95. The van der Waals surface area contributed by atoms with Crippen molar-refractivity contribution in [3.8, 4) is 0 Å². The van der Waals surface area contributed by atoms with Crippen molar-refractivity contribution < 1.29 is 4.79 Å². The molecule has 5 heteroatoms. The first-order valence-electron chi connectivity index (χ1n) is 9.16. The summed E-state index contributed by atoms with van der Waals surface area (Å²) in [7, 11) is 2.16. The van der Waals surface area contributed by atoms with E-state index >= 15 is 0 Å². The summed E-state index contributed by atoms with van der Waals surface area (Å²) < 4.78 is 0. The van der Waals surface area contributed by atoms with Gasteiger partial charge in [0.25, 0.3) is 5.91 Å². The number of nitrogens with zero attached hydrogens (tertiary/aromatic N) is 2. The molecule has 3 rings (SSSR count). The van der Waals surface area contributed by atoms with Gasteiger partial charge in [-0.25, -0.2) is 5.43 Å². The number of rotatable bonds is 3. The summed E-state index contributed by atoms with van der Waals surface area (Å²) in [5.74, 6) is 0.194. The van der Waals surface area contributed by atoms with E-state index in [-0.39, 0.29) is 11.4 Å². The highest BCUT2D eigenvalue weighted by Gasteiger charge is 2.34. The number of hydrazone groups is 1. The van der Waals surface area contributed by atoms with Gasteiger partial charge in [0.1, 0.15) is 0 Å². The Morgan fingerprint density at radius 2 is 2.07 bits per heavy atom. The molecule has 0 radical (unpaired) electrons. The van der Waals surface area contributed by atoms with Crippen LogP contribution in [0.4, 0.5) is 5.69 Å². The van der Waals surface area contributed by atoms with E-state index in [4.69, 9.17) is 11.6 Å². The van der Waals surface area contributed by atoms with E-state index in [0.29, 0.717) is 16.5 Å².